The van der Waals surface area contributed by atoms with Crippen LogP contribution in [0.2, 0.25) is 5.02 Å². The molecule has 0 saturated heterocycles. The summed E-state index contributed by atoms with van der Waals surface area (Å²) in [5, 5.41) is 21.4. The van der Waals surface area contributed by atoms with Crippen molar-refractivity contribution in [1.82, 2.24) is 20.3 Å². The van der Waals surface area contributed by atoms with Crippen LogP contribution in [0.25, 0.3) is 11.4 Å². The molecule has 1 amide bonds. The SMILES string of the molecule is O=C(NC(CO)CO)c1cnccc1N1CCOc2cnc(-c3cc(Cl)ccc3F)nc21. The average Bonchev–Trinajstić information content (AvgIpc) is 2.83. The standard InChI is InChI=1S/C21H19ClFN5O4/c22-12-1-2-16(23)14(7-12)19-25-9-18-20(27-19)28(5-6-32-18)17-3-4-24-8-15(17)21(31)26-13(10-29)11-30/h1-4,7-9,13,29-30H,5-6,10-11H2,(H,26,31). The fourth-order valence-electron chi connectivity index (χ4n) is 3.25. The van der Waals surface area contributed by atoms with Crippen LogP contribution in [0.4, 0.5) is 15.9 Å². The van der Waals surface area contributed by atoms with E-state index >= 15 is 0 Å². The average molecular weight is 460 g/mol. The first-order chi connectivity index (χ1) is 15.5. The minimum Gasteiger partial charge on any atom is -0.486 e. The Morgan fingerprint density at radius 2 is 2.09 bits per heavy atom. The molecule has 1 aromatic carbocycles. The summed E-state index contributed by atoms with van der Waals surface area (Å²) in [7, 11) is 0. The van der Waals surface area contributed by atoms with E-state index in [9.17, 15) is 19.4 Å². The molecule has 0 spiro atoms. The molecule has 166 valence electrons. The number of nitrogens with zero attached hydrogens (tertiary/aromatic N) is 4. The molecule has 2 aromatic heterocycles. The molecule has 0 saturated carbocycles. The third-order valence-corrected chi connectivity index (χ3v) is 5.08. The van der Waals surface area contributed by atoms with Crippen molar-refractivity contribution in [2.45, 2.75) is 6.04 Å². The number of benzene rings is 1. The Bertz CT molecular complexity index is 1140. The minimum atomic E-state index is -0.813. The van der Waals surface area contributed by atoms with Gasteiger partial charge in [-0.15, -0.1) is 0 Å². The third kappa shape index (κ3) is 4.33. The highest BCUT2D eigenvalue weighted by atomic mass is 35.5. The molecule has 0 atom stereocenters. The van der Waals surface area contributed by atoms with E-state index in [1.165, 1.54) is 36.8 Å². The molecule has 1 aliphatic heterocycles. The van der Waals surface area contributed by atoms with Gasteiger partial charge in [-0.2, -0.15) is 0 Å². The summed E-state index contributed by atoms with van der Waals surface area (Å²) in [6.45, 7) is -0.171. The Kier molecular flexibility index (Phi) is 6.45. The number of ether oxygens (including phenoxy) is 1. The summed E-state index contributed by atoms with van der Waals surface area (Å²) in [5.74, 6) is -0.221. The van der Waals surface area contributed by atoms with Gasteiger partial charge in [-0.25, -0.2) is 14.4 Å². The first-order valence-corrected chi connectivity index (χ1v) is 10.1. The van der Waals surface area contributed by atoms with Crippen LogP contribution in [0, 0.1) is 5.82 Å². The topological polar surface area (TPSA) is 121 Å². The number of aliphatic hydroxyl groups is 2. The molecule has 9 nitrogen and oxygen atoms in total. The van der Waals surface area contributed by atoms with Gasteiger partial charge in [-0.1, -0.05) is 11.6 Å². The Hall–Kier alpha value is -3.34. The van der Waals surface area contributed by atoms with Gasteiger partial charge in [0.15, 0.2) is 17.4 Å². The second-order valence-electron chi connectivity index (χ2n) is 6.93. The van der Waals surface area contributed by atoms with Crippen LogP contribution in [0.5, 0.6) is 5.75 Å². The maximum Gasteiger partial charge on any atom is 0.255 e. The van der Waals surface area contributed by atoms with Crippen LogP contribution in [0.15, 0.2) is 42.9 Å². The Labute approximate surface area is 187 Å². The number of aliphatic hydroxyl groups excluding tert-OH is 2. The fraction of sp³-hybridized carbons (Fsp3) is 0.238. The summed E-state index contributed by atoms with van der Waals surface area (Å²) < 4.78 is 20.0. The van der Waals surface area contributed by atoms with Crippen molar-refractivity contribution in [2.75, 3.05) is 31.3 Å². The number of hydrogen-bond acceptors (Lipinski definition) is 8. The maximum atomic E-state index is 14.4. The summed E-state index contributed by atoms with van der Waals surface area (Å²) in [5.41, 5.74) is 0.821. The number of carbonyl (C=O) groups excluding carboxylic acids is 1. The van der Waals surface area contributed by atoms with Crippen LogP contribution in [-0.2, 0) is 0 Å². The summed E-state index contributed by atoms with van der Waals surface area (Å²) in [6, 6.07) is 4.92. The molecule has 3 N–H and O–H groups in total. The lowest BCUT2D eigenvalue weighted by Crippen LogP contribution is -2.41. The number of aromatic nitrogens is 3. The molecule has 0 fully saturated rings. The highest BCUT2D eigenvalue weighted by Crippen LogP contribution is 2.37. The van der Waals surface area contributed by atoms with E-state index in [1.807, 2.05) is 0 Å². The van der Waals surface area contributed by atoms with Crippen molar-refractivity contribution in [3.8, 4) is 17.1 Å². The van der Waals surface area contributed by atoms with E-state index in [-0.39, 0.29) is 17.0 Å². The monoisotopic (exact) mass is 459 g/mol. The van der Waals surface area contributed by atoms with Crippen molar-refractivity contribution in [3.05, 3.63) is 59.3 Å². The zero-order chi connectivity index (χ0) is 22.7. The second-order valence-corrected chi connectivity index (χ2v) is 7.37. The highest BCUT2D eigenvalue weighted by Gasteiger charge is 2.27. The number of carbonyl (C=O) groups is 1. The van der Waals surface area contributed by atoms with E-state index in [0.717, 1.165) is 0 Å². The quantitative estimate of drug-likeness (QED) is 0.511. The van der Waals surface area contributed by atoms with Gasteiger partial charge in [-0.05, 0) is 24.3 Å². The molecule has 0 bridgehead atoms. The summed E-state index contributed by atoms with van der Waals surface area (Å²) in [4.78, 5) is 27.3. The number of amides is 1. The van der Waals surface area contributed by atoms with Crippen molar-refractivity contribution < 1.29 is 24.1 Å². The number of hydrogen-bond donors (Lipinski definition) is 3. The number of anilines is 2. The van der Waals surface area contributed by atoms with Gasteiger partial charge < -0.3 is 25.2 Å². The smallest absolute Gasteiger partial charge is 0.255 e. The van der Waals surface area contributed by atoms with Gasteiger partial charge >= 0.3 is 0 Å². The van der Waals surface area contributed by atoms with Crippen molar-refractivity contribution in [2.24, 2.45) is 0 Å². The lowest BCUT2D eigenvalue weighted by Gasteiger charge is -2.31. The van der Waals surface area contributed by atoms with E-state index < -0.39 is 31.0 Å². The van der Waals surface area contributed by atoms with Crippen LogP contribution < -0.4 is 15.0 Å². The van der Waals surface area contributed by atoms with E-state index in [0.29, 0.717) is 35.4 Å². The van der Waals surface area contributed by atoms with E-state index in [2.05, 4.69) is 20.3 Å². The Balaban J connectivity index is 1.75. The van der Waals surface area contributed by atoms with Gasteiger partial charge in [0.1, 0.15) is 12.4 Å². The summed E-state index contributed by atoms with van der Waals surface area (Å²) >= 11 is 6.01. The number of nitrogens with one attached hydrogen (secondary N) is 1. The van der Waals surface area contributed by atoms with Gasteiger partial charge in [0, 0.05) is 17.4 Å². The predicted octanol–water partition coefficient (Wildman–Crippen LogP) is 1.94. The number of fused-ring (bicyclic) bond motifs is 1. The van der Waals surface area contributed by atoms with Gasteiger partial charge in [-0.3, -0.25) is 9.78 Å². The van der Waals surface area contributed by atoms with Crippen LogP contribution in [0.1, 0.15) is 10.4 Å². The van der Waals surface area contributed by atoms with Gasteiger partial charge in [0.2, 0.25) is 0 Å². The fourth-order valence-corrected chi connectivity index (χ4v) is 3.42. The second kappa shape index (κ2) is 9.43. The molecule has 11 heteroatoms. The number of rotatable bonds is 6. The molecular weight excluding hydrogens is 441 g/mol. The molecular formula is C21H19ClFN5O4. The van der Waals surface area contributed by atoms with E-state index in [1.54, 1.807) is 11.0 Å². The Morgan fingerprint density at radius 1 is 1.28 bits per heavy atom. The zero-order valence-corrected chi connectivity index (χ0v) is 17.5. The zero-order valence-electron chi connectivity index (χ0n) is 16.7. The molecule has 32 heavy (non-hydrogen) atoms. The van der Waals surface area contributed by atoms with Crippen LogP contribution in [0.3, 0.4) is 0 Å². The molecule has 3 heterocycles. The molecule has 0 aliphatic carbocycles. The molecule has 1 aliphatic rings. The Morgan fingerprint density at radius 3 is 2.88 bits per heavy atom. The largest absolute Gasteiger partial charge is 0.486 e. The molecule has 0 radical (unpaired) electrons. The minimum absolute atomic E-state index is 0.111. The van der Waals surface area contributed by atoms with Crippen molar-refractivity contribution >= 4 is 29.0 Å². The predicted molar refractivity (Wildman–Crippen MR) is 115 cm³/mol. The first kappa shape index (κ1) is 21.9. The van der Waals surface area contributed by atoms with Gasteiger partial charge in [0.25, 0.3) is 5.91 Å². The van der Waals surface area contributed by atoms with Crippen LogP contribution >= 0.6 is 11.6 Å². The lowest BCUT2D eigenvalue weighted by atomic mass is 10.1. The normalized spacial score (nSPS) is 13.0. The molecule has 0 unspecified atom stereocenters. The van der Waals surface area contributed by atoms with Crippen molar-refractivity contribution in [1.29, 1.82) is 0 Å². The van der Waals surface area contributed by atoms with Crippen molar-refractivity contribution in [3.63, 3.8) is 0 Å². The lowest BCUT2D eigenvalue weighted by molar-refractivity contribution is 0.0879. The third-order valence-electron chi connectivity index (χ3n) is 4.84. The molecule has 4 rings (SSSR count). The van der Waals surface area contributed by atoms with Gasteiger partial charge in [0.05, 0.1) is 48.8 Å². The van der Waals surface area contributed by atoms with E-state index in [4.69, 9.17) is 16.3 Å². The highest BCUT2D eigenvalue weighted by molar-refractivity contribution is 6.30. The first-order valence-electron chi connectivity index (χ1n) is 9.71. The molecule has 3 aromatic rings. The van der Waals surface area contributed by atoms with Crippen LogP contribution in [-0.4, -0.2) is 63.5 Å². The summed E-state index contributed by atoms with van der Waals surface area (Å²) in [6.07, 6.45) is 4.35. The maximum absolute atomic E-state index is 14.4. The number of halogens is 2. The number of pyridine rings is 1.